The summed E-state index contributed by atoms with van der Waals surface area (Å²) in [5.41, 5.74) is 3.07. The molecule has 3 saturated heterocycles. The summed E-state index contributed by atoms with van der Waals surface area (Å²) in [6.07, 6.45) is 10.9. The first-order valence-electron chi connectivity index (χ1n) is 19.9. The van der Waals surface area contributed by atoms with Crippen LogP contribution in [-0.4, -0.2) is 109 Å². The standard InChI is InChI=1S/C39H62N4O7/c1-22-6-9-30-23(2)33-31(43(30)18-22)17-29-27-8-7-24-16-26(10-12-38(24,3)28(27)11-13-39(29,33)4)48-15-5-14-42-19-25(40-41-42)21-49-37-36(47)35(46)34(45)32(20-44)50-37/h7,19,22-23,26-37,44-47H,5-6,8-18,20-21H2,1-4H3/t22-,23+,26-,27?,28?,29?,30?,31?,32?,33?,34?,35?,36?,37?,38-,39-/m0/s1. The average Bonchev–Trinajstić information content (AvgIpc) is 3.77. The maximum Gasteiger partial charge on any atom is 0.187 e. The number of aromatic nitrogens is 3. The Labute approximate surface area is 297 Å². The average molecular weight is 699 g/mol. The van der Waals surface area contributed by atoms with Crippen LogP contribution in [0.5, 0.6) is 0 Å². The molecule has 8 rings (SSSR count). The number of aliphatic hydroxyl groups is 4. The lowest BCUT2D eigenvalue weighted by Crippen LogP contribution is -2.59. The van der Waals surface area contributed by atoms with Crippen molar-refractivity contribution in [3.05, 3.63) is 23.5 Å². The second-order valence-electron chi connectivity index (χ2n) is 18.0. The quantitative estimate of drug-likeness (QED) is 0.223. The maximum absolute atomic E-state index is 10.2. The van der Waals surface area contributed by atoms with E-state index in [4.69, 9.17) is 14.2 Å². The largest absolute Gasteiger partial charge is 0.394 e. The van der Waals surface area contributed by atoms with E-state index >= 15 is 0 Å². The van der Waals surface area contributed by atoms with Gasteiger partial charge in [0.2, 0.25) is 0 Å². The summed E-state index contributed by atoms with van der Waals surface area (Å²) in [5.74, 6) is 5.12. The molecule has 0 aromatic carbocycles. The zero-order valence-corrected chi connectivity index (χ0v) is 30.6. The highest BCUT2D eigenvalue weighted by Gasteiger charge is 2.66. The van der Waals surface area contributed by atoms with Crippen LogP contribution in [-0.2, 0) is 27.4 Å². The SMILES string of the molecule is C[C@H]1CCC2[C@@H](C)C3C(CC4C5CC=C6C[C@@H](OCCCn7cc(COC8OC(CO)C(O)C(O)C8O)nn7)CC[C@]6(C)C5CC[C@@]43C)N2C1. The summed E-state index contributed by atoms with van der Waals surface area (Å²) >= 11 is 0. The molecular weight excluding hydrogens is 636 g/mol. The Hall–Kier alpha value is -1.44. The molecule has 0 bridgehead atoms. The van der Waals surface area contributed by atoms with E-state index in [1.165, 1.54) is 51.5 Å². The van der Waals surface area contributed by atoms with Gasteiger partial charge >= 0.3 is 0 Å². The van der Waals surface area contributed by atoms with Gasteiger partial charge in [-0.05, 0) is 111 Å². The monoisotopic (exact) mass is 698 g/mol. The van der Waals surface area contributed by atoms with Crippen molar-refractivity contribution in [2.45, 2.75) is 154 Å². The van der Waals surface area contributed by atoms with Crippen molar-refractivity contribution in [1.29, 1.82) is 0 Å². The predicted molar refractivity (Wildman–Crippen MR) is 185 cm³/mol. The number of aryl methyl sites for hydroxylation is 1. The highest BCUT2D eigenvalue weighted by molar-refractivity contribution is 5.27. The third kappa shape index (κ3) is 5.94. The molecule has 3 aliphatic heterocycles. The van der Waals surface area contributed by atoms with Gasteiger partial charge in [0, 0.05) is 31.8 Å². The predicted octanol–water partition coefficient (Wildman–Crippen LogP) is 3.68. The zero-order chi connectivity index (χ0) is 34.9. The molecule has 50 heavy (non-hydrogen) atoms. The van der Waals surface area contributed by atoms with Gasteiger partial charge in [-0.2, -0.15) is 0 Å². The molecule has 11 unspecified atom stereocenters. The second-order valence-corrected chi connectivity index (χ2v) is 18.0. The summed E-state index contributed by atoms with van der Waals surface area (Å²) in [6.45, 7) is 12.6. The molecule has 1 aromatic heterocycles. The van der Waals surface area contributed by atoms with Crippen LogP contribution in [0.15, 0.2) is 17.8 Å². The van der Waals surface area contributed by atoms with Gasteiger partial charge in [0.25, 0.3) is 0 Å². The van der Waals surface area contributed by atoms with Crippen molar-refractivity contribution in [2.24, 2.45) is 46.3 Å². The van der Waals surface area contributed by atoms with Crippen LogP contribution in [0.25, 0.3) is 0 Å². The van der Waals surface area contributed by atoms with E-state index in [9.17, 15) is 20.4 Å². The number of hydrogen-bond donors (Lipinski definition) is 4. The maximum atomic E-state index is 10.2. The summed E-state index contributed by atoms with van der Waals surface area (Å²) in [5, 5.41) is 47.9. The van der Waals surface area contributed by atoms with Gasteiger partial charge in [-0.1, -0.05) is 44.6 Å². The number of nitrogens with zero attached hydrogens (tertiary/aromatic N) is 4. The van der Waals surface area contributed by atoms with Crippen LogP contribution in [0.1, 0.15) is 97.6 Å². The fourth-order valence-electron chi connectivity index (χ4n) is 12.9. The Morgan fingerprint density at radius 2 is 1.82 bits per heavy atom. The molecule has 7 aliphatic rings. The number of hydrogen-bond acceptors (Lipinski definition) is 10. The fraction of sp³-hybridized carbons (Fsp3) is 0.897. The van der Waals surface area contributed by atoms with E-state index in [0.29, 0.717) is 29.7 Å². The highest BCUT2D eigenvalue weighted by atomic mass is 16.7. The van der Waals surface area contributed by atoms with E-state index < -0.39 is 37.3 Å². The molecule has 6 fully saturated rings. The summed E-state index contributed by atoms with van der Waals surface area (Å²) < 4.78 is 19.3. The normalized spacial score (nSPS) is 48.7. The van der Waals surface area contributed by atoms with E-state index in [1.54, 1.807) is 16.5 Å². The summed E-state index contributed by atoms with van der Waals surface area (Å²) in [6, 6.07) is 1.66. The number of allylic oxidation sites excluding steroid dienone is 1. The smallest absolute Gasteiger partial charge is 0.187 e. The minimum atomic E-state index is -1.47. The molecule has 4 N–H and O–H groups in total. The van der Waals surface area contributed by atoms with Gasteiger partial charge in [-0.25, -0.2) is 0 Å². The van der Waals surface area contributed by atoms with Crippen molar-refractivity contribution >= 4 is 0 Å². The van der Waals surface area contributed by atoms with Gasteiger partial charge in [0.05, 0.1) is 25.5 Å². The Morgan fingerprint density at radius 1 is 0.980 bits per heavy atom. The first-order valence-corrected chi connectivity index (χ1v) is 19.9. The number of piperidine rings is 1. The lowest BCUT2D eigenvalue weighted by Gasteiger charge is -2.58. The first-order chi connectivity index (χ1) is 24.0. The summed E-state index contributed by atoms with van der Waals surface area (Å²) in [7, 11) is 0. The number of aliphatic hydroxyl groups excluding tert-OH is 4. The zero-order valence-electron chi connectivity index (χ0n) is 30.6. The molecule has 11 nitrogen and oxygen atoms in total. The fourth-order valence-corrected chi connectivity index (χ4v) is 12.9. The van der Waals surface area contributed by atoms with Crippen molar-refractivity contribution in [3.63, 3.8) is 0 Å². The van der Waals surface area contributed by atoms with Crippen LogP contribution in [0.4, 0.5) is 0 Å². The molecule has 1 aromatic rings. The van der Waals surface area contributed by atoms with Crippen molar-refractivity contribution in [2.75, 3.05) is 19.8 Å². The van der Waals surface area contributed by atoms with E-state index in [0.717, 1.165) is 66.9 Å². The molecule has 280 valence electrons. The molecule has 0 amide bonds. The molecule has 3 saturated carbocycles. The third-order valence-electron chi connectivity index (χ3n) is 15.4. The minimum absolute atomic E-state index is 0.00938. The van der Waals surface area contributed by atoms with Crippen molar-refractivity contribution in [3.8, 4) is 0 Å². The molecular formula is C39H62N4O7. The molecule has 16 atom stereocenters. The van der Waals surface area contributed by atoms with Gasteiger partial charge in [0.15, 0.2) is 6.29 Å². The molecule has 0 radical (unpaired) electrons. The van der Waals surface area contributed by atoms with E-state index in [2.05, 4.69) is 49.0 Å². The highest BCUT2D eigenvalue weighted by Crippen LogP contribution is 2.70. The van der Waals surface area contributed by atoms with Gasteiger partial charge in [0.1, 0.15) is 30.1 Å². The summed E-state index contributed by atoms with van der Waals surface area (Å²) in [4.78, 5) is 3.01. The van der Waals surface area contributed by atoms with Crippen molar-refractivity contribution in [1.82, 2.24) is 19.9 Å². The second kappa shape index (κ2) is 13.8. The van der Waals surface area contributed by atoms with Crippen LogP contribution in [0.2, 0.25) is 0 Å². The molecule has 4 aliphatic carbocycles. The Bertz CT molecular complexity index is 1390. The van der Waals surface area contributed by atoms with Crippen LogP contribution >= 0.6 is 0 Å². The lowest BCUT2D eigenvalue weighted by molar-refractivity contribution is -0.304. The Balaban J connectivity index is 0.817. The number of fused-ring (bicyclic) bond motifs is 9. The Morgan fingerprint density at radius 3 is 2.64 bits per heavy atom. The molecule has 11 heteroatoms. The first kappa shape index (κ1) is 35.6. The van der Waals surface area contributed by atoms with E-state index in [1.807, 2.05) is 0 Å². The van der Waals surface area contributed by atoms with Crippen LogP contribution in [0.3, 0.4) is 0 Å². The topological polar surface area (TPSA) is 143 Å². The van der Waals surface area contributed by atoms with E-state index in [-0.39, 0.29) is 12.7 Å². The van der Waals surface area contributed by atoms with Crippen LogP contribution < -0.4 is 0 Å². The number of ether oxygens (including phenoxy) is 3. The Kier molecular flexibility index (Phi) is 9.79. The molecule has 4 heterocycles. The lowest BCUT2D eigenvalue weighted by atomic mass is 9.47. The number of rotatable bonds is 9. The van der Waals surface area contributed by atoms with Gasteiger partial charge in [-0.15, -0.1) is 5.10 Å². The van der Waals surface area contributed by atoms with Crippen LogP contribution in [0, 0.1) is 46.3 Å². The van der Waals surface area contributed by atoms with Crippen molar-refractivity contribution < 1.29 is 34.6 Å². The molecule has 0 spiro atoms. The van der Waals surface area contributed by atoms with Gasteiger partial charge < -0.3 is 34.6 Å². The van der Waals surface area contributed by atoms with Gasteiger partial charge in [-0.3, -0.25) is 9.58 Å². The third-order valence-corrected chi connectivity index (χ3v) is 15.4. The minimum Gasteiger partial charge on any atom is -0.394 e.